The third-order valence-electron chi connectivity index (χ3n) is 4.10. The summed E-state index contributed by atoms with van der Waals surface area (Å²) in [5.41, 5.74) is 3.10. The number of rotatable bonds is 4. The maximum absolute atomic E-state index is 14.2. The highest BCUT2D eigenvalue weighted by molar-refractivity contribution is 6.03. The highest BCUT2D eigenvalue weighted by Crippen LogP contribution is 2.32. The first-order valence-corrected chi connectivity index (χ1v) is 7.99. The van der Waals surface area contributed by atoms with Crippen LogP contribution in [0, 0.1) is 5.82 Å². The Kier molecular flexibility index (Phi) is 3.65. The number of benzene rings is 2. The van der Waals surface area contributed by atoms with E-state index < -0.39 is 11.8 Å². The summed E-state index contributed by atoms with van der Waals surface area (Å²) in [7, 11) is 0. The van der Waals surface area contributed by atoms with Crippen LogP contribution in [0.5, 0.6) is 0 Å². The summed E-state index contributed by atoms with van der Waals surface area (Å²) in [6, 6.07) is 12.5. The van der Waals surface area contributed by atoms with Gasteiger partial charge in [-0.3, -0.25) is 0 Å². The summed E-state index contributed by atoms with van der Waals surface area (Å²) in [6.45, 7) is 1.99. The van der Waals surface area contributed by atoms with Gasteiger partial charge >= 0.3 is 5.97 Å². The quantitative estimate of drug-likeness (QED) is 0.472. The summed E-state index contributed by atoms with van der Waals surface area (Å²) in [6.07, 6.45) is 1.87. The predicted molar refractivity (Wildman–Crippen MR) is 95.8 cm³/mol. The van der Waals surface area contributed by atoms with Crippen molar-refractivity contribution in [3.05, 3.63) is 60.2 Å². The maximum atomic E-state index is 14.2. The van der Waals surface area contributed by atoms with Crippen molar-refractivity contribution >= 4 is 39.1 Å². The summed E-state index contributed by atoms with van der Waals surface area (Å²) >= 11 is 0. The number of ether oxygens (including phenoxy) is 1. The first-order valence-electron chi connectivity index (χ1n) is 7.99. The standard InChI is InChI=1S/C19H16FN3O2/c1-2-25-19(24)17-10-12-16(7-6-13(20)18(12)23-17)22-15-5-3-4-14-11(15)8-9-21-14/h3-10,21-23H,2H2,1H3. The molecule has 0 saturated carbocycles. The maximum Gasteiger partial charge on any atom is 0.354 e. The van der Waals surface area contributed by atoms with E-state index >= 15 is 0 Å². The Morgan fingerprint density at radius 2 is 2.00 bits per heavy atom. The molecule has 4 aromatic rings. The molecule has 126 valence electrons. The molecule has 4 rings (SSSR count). The number of carbonyl (C=O) groups is 1. The van der Waals surface area contributed by atoms with Crippen LogP contribution in [0.25, 0.3) is 21.8 Å². The van der Waals surface area contributed by atoms with Crippen molar-refractivity contribution in [3.63, 3.8) is 0 Å². The van der Waals surface area contributed by atoms with Crippen molar-refractivity contribution in [3.8, 4) is 0 Å². The number of carbonyl (C=O) groups excluding carboxylic acids is 1. The van der Waals surface area contributed by atoms with Crippen LogP contribution in [0.3, 0.4) is 0 Å². The van der Waals surface area contributed by atoms with Crippen molar-refractivity contribution in [2.24, 2.45) is 0 Å². The van der Waals surface area contributed by atoms with E-state index in [0.717, 1.165) is 16.6 Å². The van der Waals surface area contributed by atoms with Gasteiger partial charge in [0.05, 0.1) is 12.1 Å². The van der Waals surface area contributed by atoms with Gasteiger partial charge in [0, 0.05) is 33.9 Å². The van der Waals surface area contributed by atoms with Gasteiger partial charge in [-0.05, 0) is 43.3 Å². The lowest BCUT2D eigenvalue weighted by Gasteiger charge is -2.09. The minimum atomic E-state index is -0.503. The second-order valence-corrected chi connectivity index (χ2v) is 5.66. The minimum absolute atomic E-state index is 0.227. The van der Waals surface area contributed by atoms with E-state index in [2.05, 4.69) is 15.3 Å². The van der Waals surface area contributed by atoms with Crippen molar-refractivity contribution in [1.82, 2.24) is 9.97 Å². The van der Waals surface area contributed by atoms with Gasteiger partial charge < -0.3 is 20.0 Å². The van der Waals surface area contributed by atoms with Crippen LogP contribution in [0.4, 0.5) is 15.8 Å². The number of hydrogen-bond donors (Lipinski definition) is 3. The molecular formula is C19H16FN3O2. The second-order valence-electron chi connectivity index (χ2n) is 5.66. The molecule has 0 bridgehead atoms. The highest BCUT2D eigenvalue weighted by atomic mass is 19.1. The zero-order chi connectivity index (χ0) is 17.4. The normalized spacial score (nSPS) is 11.1. The Morgan fingerprint density at radius 3 is 2.84 bits per heavy atom. The fourth-order valence-corrected chi connectivity index (χ4v) is 2.95. The SMILES string of the molecule is CCOC(=O)c1cc2c(Nc3cccc4[nH]ccc34)ccc(F)c2[nH]1. The van der Waals surface area contributed by atoms with Gasteiger partial charge in [-0.1, -0.05) is 6.07 Å². The van der Waals surface area contributed by atoms with Gasteiger partial charge in [-0.25, -0.2) is 9.18 Å². The van der Waals surface area contributed by atoms with E-state index in [4.69, 9.17) is 4.74 Å². The first-order chi connectivity index (χ1) is 12.2. The number of halogens is 1. The lowest BCUT2D eigenvalue weighted by Crippen LogP contribution is -2.04. The molecule has 0 unspecified atom stereocenters. The molecule has 0 aliphatic carbocycles. The molecule has 0 aliphatic rings. The lowest BCUT2D eigenvalue weighted by molar-refractivity contribution is 0.0520. The van der Waals surface area contributed by atoms with Crippen LogP contribution in [-0.4, -0.2) is 22.5 Å². The Bertz CT molecular complexity index is 1080. The van der Waals surface area contributed by atoms with E-state index in [9.17, 15) is 9.18 Å². The van der Waals surface area contributed by atoms with Gasteiger partial charge in [0.2, 0.25) is 0 Å². The van der Waals surface area contributed by atoms with E-state index in [0.29, 0.717) is 11.1 Å². The second kappa shape index (κ2) is 5.98. The Hall–Kier alpha value is -3.28. The number of aromatic nitrogens is 2. The van der Waals surface area contributed by atoms with Crippen molar-refractivity contribution in [1.29, 1.82) is 0 Å². The van der Waals surface area contributed by atoms with Crippen LogP contribution < -0.4 is 5.32 Å². The third-order valence-corrected chi connectivity index (χ3v) is 4.10. The molecule has 0 saturated heterocycles. The molecule has 0 radical (unpaired) electrons. The number of esters is 1. The van der Waals surface area contributed by atoms with E-state index in [1.165, 1.54) is 6.07 Å². The van der Waals surface area contributed by atoms with Gasteiger partial charge in [0.1, 0.15) is 11.5 Å². The van der Waals surface area contributed by atoms with Crippen LogP contribution >= 0.6 is 0 Å². The monoisotopic (exact) mass is 337 g/mol. The van der Waals surface area contributed by atoms with Gasteiger partial charge in [-0.15, -0.1) is 0 Å². The molecule has 25 heavy (non-hydrogen) atoms. The van der Waals surface area contributed by atoms with Crippen molar-refractivity contribution < 1.29 is 13.9 Å². The Balaban J connectivity index is 1.80. The van der Waals surface area contributed by atoms with E-state index in [1.54, 1.807) is 19.1 Å². The van der Waals surface area contributed by atoms with Crippen LogP contribution in [0.1, 0.15) is 17.4 Å². The lowest BCUT2D eigenvalue weighted by atomic mass is 10.1. The number of anilines is 2. The fourth-order valence-electron chi connectivity index (χ4n) is 2.95. The molecule has 0 amide bonds. The Morgan fingerprint density at radius 1 is 1.16 bits per heavy atom. The molecular weight excluding hydrogens is 321 g/mol. The van der Waals surface area contributed by atoms with Gasteiger partial charge in [0.15, 0.2) is 0 Å². The summed E-state index contributed by atoms with van der Waals surface area (Å²) in [4.78, 5) is 17.9. The molecule has 6 heteroatoms. The summed E-state index contributed by atoms with van der Waals surface area (Å²) in [5, 5.41) is 4.95. The van der Waals surface area contributed by atoms with E-state index in [-0.39, 0.29) is 17.8 Å². The molecule has 0 spiro atoms. The molecule has 0 atom stereocenters. The summed E-state index contributed by atoms with van der Waals surface area (Å²) < 4.78 is 19.1. The Labute approximate surface area is 142 Å². The molecule has 3 N–H and O–H groups in total. The largest absolute Gasteiger partial charge is 0.461 e. The first kappa shape index (κ1) is 15.3. The van der Waals surface area contributed by atoms with E-state index in [1.807, 2.05) is 30.5 Å². The zero-order valence-electron chi connectivity index (χ0n) is 13.5. The number of hydrogen-bond acceptors (Lipinski definition) is 3. The number of H-pyrrole nitrogens is 2. The third kappa shape index (κ3) is 2.61. The molecule has 0 aliphatic heterocycles. The fraction of sp³-hybridized carbons (Fsp3) is 0.105. The molecule has 2 aromatic heterocycles. The predicted octanol–water partition coefficient (Wildman–Crippen LogP) is 4.71. The summed E-state index contributed by atoms with van der Waals surface area (Å²) in [5.74, 6) is -0.923. The highest BCUT2D eigenvalue weighted by Gasteiger charge is 2.16. The van der Waals surface area contributed by atoms with Gasteiger partial charge in [0.25, 0.3) is 0 Å². The average molecular weight is 337 g/mol. The van der Waals surface area contributed by atoms with Crippen molar-refractivity contribution in [2.75, 3.05) is 11.9 Å². The average Bonchev–Trinajstić information content (AvgIpc) is 3.25. The smallest absolute Gasteiger partial charge is 0.354 e. The topological polar surface area (TPSA) is 69.9 Å². The molecule has 2 heterocycles. The molecule has 2 aromatic carbocycles. The van der Waals surface area contributed by atoms with Crippen LogP contribution in [0.2, 0.25) is 0 Å². The number of fused-ring (bicyclic) bond motifs is 2. The van der Waals surface area contributed by atoms with Crippen molar-refractivity contribution in [2.45, 2.75) is 6.92 Å². The molecule has 0 fully saturated rings. The van der Waals surface area contributed by atoms with Crippen LogP contribution in [0.15, 0.2) is 48.7 Å². The van der Waals surface area contributed by atoms with Crippen LogP contribution in [-0.2, 0) is 4.74 Å². The zero-order valence-corrected chi connectivity index (χ0v) is 13.5. The number of aromatic amines is 2. The molecule has 5 nitrogen and oxygen atoms in total. The minimum Gasteiger partial charge on any atom is -0.461 e. The number of nitrogens with one attached hydrogen (secondary N) is 3. The van der Waals surface area contributed by atoms with Gasteiger partial charge in [-0.2, -0.15) is 0 Å².